The number of hydrogen-bond acceptors (Lipinski definition) is 4. The number of carbonyl (C=O) groups excluding carboxylic acids is 1. The van der Waals surface area contributed by atoms with Crippen molar-refractivity contribution in [3.05, 3.63) is 59.7 Å². The second kappa shape index (κ2) is 8.68. The number of hydrogen-bond donors (Lipinski definition) is 0. The Balaban J connectivity index is 1.42. The molecule has 0 radical (unpaired) electrons. The molecule has 2 saturated heterocycles. The van der Waals surface area contributed by atoms with Crippen LogP contribution in [0.1, 0.15) is 62.9 Å². The molecule has 2 aliphatic rings. The zero-order valence-corrected chi connectivity index (χ0v) is 19.0. The second-order valence-electron chi connectivity index (χ2n) is 9.46. The lowest BCUT2D eigenvalue weighted by molar-refractivity contribution is 0.00578. The minimum Gasteiger partial charge on any atom is -0.489 e. The van der Waals surface area contributed by atoms with Gasteiger partial charge in [-0.3, -0.25) is 4.79 Å². The van der Waals surface area contributed by atoms with Crippen molar-refractivity contribution in [3.63, 3.8) is 0 Å². The Hall–Kier alpha value is -2.31. The van der Waals surface area contributed by atoms with Gasteiger partial charge >= 0.3 is 7.12 Å². The molecular formula is C25H32BNO4. The lowest BCUT2D eigenvalue weighted by Gasteiger charge is -2.32. The summed E-state index contributed by atoms with van der Waals surface area (Å²) in [5.74, 6) is 0.868. The first kappa shape index (κ1) is 21.9. The number of piperidine rings is 1. The van der Waals surface area contributed by atoms with Gasteiger partial charge in [0, 0.05) is 24.1 Å². The molecule has 2 aromatic rings. The maximum absolute atomic E-state index is 12.7. The lowest BCUT2D eigenvalue weighted by atomic mass is 9.78. The maximum atomic E-state index is 12.7. The van der Waals surface area contributed by atoms with Gasteiger partial charge in [-0.15, -0.1) is 0 Å². The largest absolute Gasteiger partial charge is 0.498 e. The molecule has 31 heavy (non-hydrogen) atoms. The predicted octanol–water partition coefficient (Wildman–Crippen LogP) is 4.19. The number of para-hydroxylation sites is 1. The van der Waals surface area contributed by atoms with Gasteiger partial charge in [0.15, 0.2) is 0 Å². The maximum Gasteiger partial charge on any atom is 0.498 e. The molecular weight excluding hydrogens is 389 g/mol. The molecule has 164 valence electrons. The molecule has 2 aliphatic heterocycles. The van der Waals surface area contributed by atoms with Gasteiger partial charge in [0.25, 0.3) is 5.91 Å². The van der Waals surface area contributed by atoms with Gasteiger partial charge in [0.05, 0.1) is 11.2 Å². The molecule has 2 fully saturated rings. The highest BCUT2D eigenvalue weighted by atomic mass is 16.7. The summed E-state index contributed by atoms with van der Waals surface area (Å²) in [5, 5.41) is 0. The Morgan fingerprint density at radius 2 is 1.55 bits per heavy atom. The third kappa shape index (κ3) is 4.65. The first-order valence-electron chi connectivity index (χ1n) is 11.2. The predicted molar refractivity (Wildman–Crippen MR) is 123 cm³/mol. The third-order valence-electron chi connectivity index (χ3n) is 6.66. The van der Waals surface area contributed by atoms with Crippen molar-refractivity contribution in [2.75, 3.05) is 13.1 Å². The quantitative estimate of drug-likeness (QED) is 0.680. The molecule has 0 atom stereocenters. The highest BCUT2D eigenvalue weighted by Gasteiger charge is 2.52. The van der Waals surface area contributed by atoms with Crippen LogP contribution in [0.25, 0.3) is 0 Å². The normalized spacial score (nSPS) is 20.0. The summed E-state index contributed by atoms with van der Waals surface area (Å²) in [4.78, 5) is 14.6. The fraction of sp³-hybridized carbons (Fsp3) is 0.480. The van der Waals surface area contributed by atoms with E-state index >= 15 is 0 Å². The molecule has 5 nitrogen and oxygen atoms in total. The summed E-state index contributed by atoms with van der Waals surface area (Å²) in [6.07, 6.45) is 3.41. The Morgan fingerprint density at radius 3 is 2.19 bits per heavy atom. The van der Waals surface area contributed by atoms with Crippen LogP contribution in [-0.4, -0.2) is 42.2 Å². The van der Waals surface area contributed by atoms with E-state index in [1.807, 2.05) is 81.1 Å². The molecule has 0 bridgehead atoms. The summed E-state index contributed by atoms with van der Waals surface area (Å²) >= 11 is 0. The van der Waals surface area contributed by atoms with E-state index in [-0.39, 0.29) is 5.91 Å². The van der Waals surface area contributed by atoms with Gasteiger partial charge in [-0.1, -0.05) is 30.3 Å². The Kier molecular flexibility index (Phi) is 6.13. The second-order valence-corrected chi connectivity index (χ2v) is 9.46. The first-order chi connectivity index (χ1) is 14.8. The van der Waals surface area contributed by atoms with Crippen molar-refractivity contribution in [1.29, 1.82) is 0 Å². The summed E-state index contributed by atoms with van der Waals surface area (Å²) in [5.41, 5.74) is 1.84. The van der Waals surface area contributed by atoms with Gasteiger partial charge in [0.1, 0.15) is 12.4 Å². The average molecular weight is 421 g/mol. The molecule has 0 unspecified atom stereocenters. The highest BCUT2D eigenvalue weighted by Crippen LogP contribution is 2.37. The van der Waals surface area contributed by atoms with Gasteiger partial charge in [0.2, 0.25) is 0 Å². The number of benzene rings is 2. The Labute approximate surface area is 185 Å². The molecule has 0 spiro atoms. The Bertz CT molecular complexity index is 903. The molecule has 2 aromatic carbocycles. The van der Waals surface area contributed by atoms with Crippen LogP contribution in [0.5, 0.6) is 5.75 Å². The van der Waals surface area contributed by atoms with E-state index in [0.717, 1.165) is 48.3 Å². The molecule has 4 rings (SSSR count). The molecule has 6 heteroatoms. The number of carbonyl (C=O) groups is 1. The van der Waals surface area contributed by atoms with Crippen LogP contribution in [0, 0.1) is 0 Å². The Morgan fingerprint density at radius 1 is 0.935 bits per heavy atom. The average Bonchev–Trinajstić information content (AvgIpc) is 3.00. The monoisotopic (exact) mass is 421 g/mol. The van der Waals surface area contributed by atoms with Gasteiger partial charge in [-0.2, -0.15) is 0 Å². The summed E-state index contributed by atoms with van der Waals surface area (Å²) < 4.78 is 18.5. The fourth-order valence-electron chi connectivity index (χ4n) is 3.96. The lowest BCUT2D eigenvalue weighted by Crippen LogP contribution is -2.41. The molecule has 0 saturated carbocycles. The number of ether oxygens (including phenoxy) is 1. The number of likely N-dealkylation sites (tertiary alicyclic amines) is 1. The van der Waals surface area contributed by atoms with E-state index in [0.29, 0.717) is 6.61 Å². The van der Waals surface area contributed by atoms with Crippen LogP contribution >= 0.6 is 0 Å². The van der Waals surface area contributed by atoms with Crippen molar-refractivity contribution in [1.82, 2.24) is 4.90 Å². The topological polar surface area (TPSA) is 48.0 Å². The minimum absolute atomic E-state index is 0.123. The summed E-state index contributed by atoms with van der Waals surface area (Å²) in [6, 6.07) is 15.6. The summed E-state index contributed by atoms with van der Waals surface area (Å²) in [7, 11) is -0.467. The van der Waals surface area contributed by atoms with Crippen LogP contribution in [0.15, 0.2) is 48.5 Å². The fourth-order valence-corrected chi connectivity index (χ4v) is 3.96. The number of nitrogens with zero attached hydrogens (tertiary/aromatic N) is 1. The van der Waals surface area contributed by atoms with Gasteiger partial charge in [-0.25, -0.2) is 0 Å². The van der Waals surface area contributed by atoms with Crippen molar-refractivity contribution in [3.8, 4) is 5.75 Å². The zero-order valence-electron chi connectivity index (χ0n) is 19.0. The molecule has 0 aliphatic carbocycles. The van der Waals surface area contributed by atoms with E-state index < -0.39 is 18.3 Å². The molecule has 2 heterocycles. The third-order valence-corrected chi connectivity index (χ3v) is 6.66. The van der Waals surface area contributed by atoms with E-state index in [4.69, 9.17) is 14.0 Å². The van der Waals surface area contributed by atoms with Gasteiger partial charge < -0.3 is 18.9 Å². The first-order valence-corrected chi connectivity index (χ1v) is 11.2. The van der Waals surface area contributed by atoms with E-state index in [1.165, 1.54) is 6.42 Å². The van der Waals surface area contributed by atoms with Crippen LogP contribution in [-0.2, 0) is 15.9 Å². The van der Waals surface area contributed by atoms with Crippen molar-refractivity contribution in [2.45, 2.75) is 64.8 Å². The van der Waals surface area contributed by atoms with Crippen LogP contribution in [0.4, 0.5) is 0 Å². The summed E-state index contributed by atoms with van der Waals surface area (Å²) in [6.45, 7) is 10.3. The van der Waals surface area contributed by atoms with E-state index in [1.54, 1.807) is 0 Å². The number of rotatable bonds is 5. The van der Waals surface area contributed by atoms with Crippen molar-refractivity contribution < 1.29 is 18.8 Å². The molecule has 0 aromatic heterocycles. The van der Waals surface area contributed by atoms with Crippen LogP contribution in [0.3, 0.4) is 0 Å². The molecule has 1 amide bonds. The van der Waals surface area contributed by atoms with Crippen LogP contribution < -0.4 is 10.2 Å². The SMILES string of the molecule is CC1(C)OB(c2ccccc2OCc2ccc(C(=O)N3CCCCC3)cc2)OC1(C)C. The standard InChI is InChI=1S/C25H32BNO4/c1-24(2)25(3,4)31-26(30-24)21-10-6-7-11-22(21)29-18-19-12-14-20(15-13-19)23(28)27-16-8-5-9-17-27/h6-7,10-15H,5,8-9,16-18H2,1-4H3. The van der Waals surface area contributed by atoms with Crippen molar-refractivity contribution in [2.24, 2.45) is 0 Å². The minimum atomic E-state index is -0.467. The van der Waals surface area contributed by atoms with E-state index in [2.05, 4.69) is 0 Å². The smallest absolute Gasteiger partial charge is 0.489 e. The highest BCUT2D eigenvalue weighted by molar-refractivity contribution is 6.63. The number of amides is 1. The van der Waals surface area contributed by atoms with Crippen LogP contribution in [0.2, 0.25) is 0 Å². The van der Waals surface area contributed by atoms with E-state index in [9.17, 15) is 4.79 Å². The van der Waals surface area contributed by atoms with Gasteiger partial charge in [-0.05, 0) is 70.7 Å². The van der Waals surface area contributed by atoms with Crippen molar-refractivity contribution >= 4 is 18.5 Å². The molecule has 0 N–H and O–H groups in total. The zero-order chi connectivity index (χ0) is 22.1.